The molecule has 28 heavy (non-hydrogen) atoms. The number of para-hydroxylation sites is 2. The monoisotopic (exact) mass is 396 g/mol. The third-order valence-electron chi connectivity index (χ3n) is 4.39. The summed E-state index contributed by atoms with van der Waals surface area (Å²) < 4.78 is 12.4. The number of halogens is 1. The van der Waals surface area contributed by atoms with Gasteiger partial charge in [0.25, 0.3) is 0 Å². The molecule has 0 bridgehead atoms. The van der Waals surface area contributed by atoms with Crippen LogP contribution >= 0.6 is 11.6 Å². The van der Waals surface area contributed by atoms with Gasteiger partial charge in [0.1, 0.15) is 11.5 Å². The first kappa shape index (κ1) is 18.1. The molecule has 0 aliphatic heterocycles. The van der Waals surface area contributed by atoms with Crippen molar-refractivity contribution in [3.63, 3.8) is 0 Å². The lowest BCUT2D eigenvalue weighted by Gasteiger charge is -2.04. The molecule has 0 fully saturated rings. The van der Waals surface area contributed by atoms with E-state index in [9.17, 15) is 9.59 Å². The average molecular weight is 397 g/mol. The van der Waals surface area contributed by atoms with Gasteiger partial charge in [-0.3, -0.25) is 9.36 Å². The molecule has 1 amide bonds. The Bertz CT molecular complexity index is 1170. The van der Waals surface area contributed by atoms with Crippen molar-refractivity contribution in [2.24, 2.45) is 0 Å². The molecule has 0 aliphatic carbocycles. The van der Waals surface area contributed by atoms with E-state index in [0.717, 1.165) is 5.56 Å². The van der Waals surface area contributed by atoms with E-state index in [-0.39, 0.29) is 25.4 Å². The molecule has 2 aromatic carbocycles. The summed E-state index contributed by atoms with van der Waals surface area (Å²) in [5.74, 6) is 0.704. The number of benzene rings is 2. The van der Waals surface area contributed by atoms with Gasteiger partial charge in [-0.2, -0.15) is 0 Å². The summed E-state index contributed by atoms with van der Waals surface area (Å²) in [6.45, 7) is 0.517. The maximum atomic E-state index is 12.2. The number of nitrogens with zero attached hydrogens (tertiary/aromatic N) is 1. The Balaban J connectivity index is 1.34. The van der Waals surface area contributed by atoms with Crippen LogP contribution in [0.5, 0.6) is 0 Å². The molecule has 0 atom stereocenters. The molecule has 1 N–H and O–H groups in total. The van der Waals surface area contributed by atoms with Crippen LogP contribution in [0.3, 0.4) is 0 Å². The van der Waals surface area contributed by atoms with Crippen molar-refractivity contribution in [2.75, 3.05) is 0 Å². The lowest BCUT2D eigenvalue weighted by atomic mass is 10.2. The van der Waals surface area contributed by atoms with E-state index in [2.05, 4.69) is 5.32 Å². The number of hydrogen-bond acceptors (Lipinski definition) is 4. The van der Waals surface area contributed by atoms with Crippen molar-refractivity contribution in [3.8, 4) is 11.3 Å². The number of furan rings is 1. The normalized spacial score (nSPS) is 11.0. The van der Waals surface area contributed by atoms with E-state index in [1.165, 1.54) is 4.57 Å². The highest BCUT2D eigenvalue weighted by Crippen LogP contribution is 2.23. The van der Waals surface area contributed by atoms with Gasteiger partial charge in [-0.15, -0.1) is 0 Å². The third-order valence-corrected chi connectivity index (χ3v) is 4.64. The number of nitrogens with one attached hydrogen (secondary N) is 1. The third kappa shape index (κ3) is 3.87. The molecule has 0 saturated carbocycles. The largest absolute Gasteiger partial charge is 0.459 e. The number of oxazole rings is 1. The smallest absolute Gasteiger partial charge is 0.419 e. The first-order chi connectivity index (χ1) is 13.6. The molecule has 7 heteroatoms. The summed E-state index contributed by atoms with van der Waals surface area (Å²) in [5.41, 5.74) is 2.10. The van der Waals surface area contributed by atoms with Crippen molar-refractivity contribution < 1.29 is 13.6 Å². The fourth-order valence-electron chi connectivity index (χ4n) is 2.96. The standard InChI is InChI=1S/C21H17ClN2O4/c22-15-7-5-14(6-8-15)18-10-9-16(27-18)13-23-20(25)11-12-24-17-3-1-2-4-19(17)28-21(24)26/h1-10H,11-13H2,(H,23,25). The van der Waals surface area contributed by atoms with E-state index < -0.39 is 5.76 Å². The summed E-state index contributed by atoms with van der Waals surface area (Å²) in [7, 11) is 0. The molecule has 0 saturated heterocycles. The highest BCUT2D eigenvalue weighted by atomic mass is 35.5. The maximum Gasteiger partial charge on any atom is 0.419 e. The fourth-order valence-corrected chi connectivity index (χ4v) is 3.08. The summed E-state index contributed by atoms with van der Waals surface area (Å²) in [4.78, 5) is 24.1. The minimum Gasteiger partial charge on any atom is -0.459 e. The van der Waals surface area contributed by atoms with E-state index in [4.69, 9.17) is 20.4 Å². The molecule has 2 aromatic heterocycles. The molecule has 142 valence electrons. The van der Waals surface area contributed by atoms with Gasteiger partial charge in [0.05, 0.1) is 12.1 Å². The molecule has 4 rings (SSSR count). The Kier molecular flexibility index (Phi) is 5.04. The van der Waals surface area contributed by atoms with Crippen LogP contribution in [-0.2, 0) is 17.9 Å². The minimum absolute atomic E-state index is 0.161. The fraction of sp³-hybridized carbons (Fsp3) is 0.143. The molecule has 4 aromatic rings. The van der Waals surface area contributed by atoms with Crippen LogP contribution in [0.2, 0.25) is 5.02 Å². The Hall–Kier alpha value is -3.25. The summed E-state index contributed by atoms with van der Waals surface area (Å²) in [6, 6.07) is 18.1. The number of hydrogen-bond donors (Lipinski definition) is 1. The predicted molar refractivity (Wildman–Crippen MR) is 106 cm³/mol. The van der Waals surface area contributed by atoms with Gasteiger partial charge in [0, 0.05) is 23.6 Å². The van der Waals surface area contributed by atoms with Crippen LogP contribution in [0.25, 0.3) is 22.4 Å². The first-order valence-electron chi connectivity index (χ1n) is 8.80. The molecule has 0 spiro atoms. The first-order valence-corrected chi connectivity index (χ1v) is 9.18. The predicted octanol–water partition coefficient (Wildman–Crippen LogP) is 4.21. The van der Waals surface area contributed by atoms with Crippen LogP contribution < -0.4 is 11.1 Å². The van der Waals surface area contributed by atoms with Crippen molar-refractivity contribution >= 4 is 28.6 Å². The Labute approximate surface area is 165 Å². The van der Waals surface area contributed by atoms with Crippen LogP contribution in [-0.4, -0.2) is 10.5 Å². The summed E-state index contributed by atoms with van der Waals surface area (Å²) in [6.07, 6.45) is 0.161. The zero-order valence-corrected chi connectivity index (χ0v) is 15.6. The second kappa shape index (κ2) is 7.78. The second-order valence-electron chi connectivity index (χ2n) is 6.29. The van der Waals surface area contributed by atoms with E-state index in [1.54, 1.807) is 30.3 Å². The SMILES string of the molecule is O=C(CCn1c(=O)oc2ccccc21)NCc1ccc(-c2ccc(Cl)cc2)o1. The molecule has 0 aliphatic rings. The van der Waals surface area contributed by atoms with Crippen molar-refractivity contribution in [1.82, 2.24) is 9.88 Å². The van der Waals surface area contributed by atoms with Gasteiger partial charge in [-0.05, 0) is 48.5 Å². The Morgan fingerprint density at radius 1 is 1.00 bits per heavy atom. The quantitative estimate of drug-likeness (QED) is 0.529. The van der Waals surface area contributed by atoms with Gasteiger partial charge in [0.2, 0.25) is 5.91 Å². The van der Waals surface area contributed by atoms with Crippen LogP contribution in [0.15, 0.2) is 74.3 Å². The number of aryl methyl sites for hydroxylation is 1. The second-order valence-corrected chi connectivity index (χ2v) is 6.72. The van der Waals surface area contributed by atoms with Crippen LogP contribution in [0.1, 0.15) is 12.2 Å². The number of carbonyl (C=O) groups is 1. The molecule has 0 radical (unpaired) electrons. The van der Waals surface area contributed by atoms with Crippen molar-refractivity contribution in [1.29, 1.82) is 0 Å². The van der Waals surface area contributed by atoms with Gasteiger partial charge in [-0.25, -0.2) is 4.79 Å². The summed E-state index contributed by atoms with van der Waals surface area (Å²) in [5, 5.41) is 3.46. The maximum absolute atomic E-state index is 12.2. The average Bonchev–Trinajstić information content (AvgIpc) is 3.29. The lowest BCUT2D eigenvalue weighted by molar-refractivity contribution is -0.121. The zero-order valence-electron chi connectivity index (χ0n) is 14.9. The van der Waals surface area contributed by atoms with Gasteiger partial charge >= 0.3 is 5.76 Å². The molecular formula is C21H17ClN2O4. The molecule has 6 nitrogen and oxygen atoms in total. The lowest BCUT2D eigenvalue weighted by Crippen LogP contribution is -2.25. The number of amides is 1. The van der Waals surface area contributed by atoms with Crippen molar-refractivity contribution in [2.45, 2.75) is 19.5 Å². The highest BCUT2D eigenvalue weighted by Gasteiger charge is 2.11. The minimum atomic E-state index is -0.465. The van der Waals surface area contributed by atoms with Gasteiger partial charge in [0.15, 0.2) is 5.58 Å². The Morgan fingerprint density at radius 3 is 2.61 bits per heavy atom. The highest BCUT2D eigenvalue weighted by molar-refractivity contribution is 6.30. The molecule has 0 unspecified atom stereocenters. The molecular weight excluding hydrogens is 380 g/mol. The number of carbonyl (C=O) groups excluding carboxylic acids is 1. The van der Waals surface area contributed by atoms with Crippen molar-refractivity contribution in [3.05, 3.63) is 82.0 Å². The van der Waals surface area contributed by atoms with Gasteiger partial charge in [-0.1, -0.05) is 23.7 Å². The van der Waals surface area contributed by atoms with Gasteiger partial charge < -0.3 is 14.2 Å². The van der Waals surface area contributed by atoms with Crippen LogP contribution in [0, 0.1) is 0 Å². The molecule has 2 heterocycles. The topological polar surface area (TPSA) is 77.4 Å². The van der Waals surface area contributed by atoms with E-state index >= 15 is 0 Å². The van der Waals surface area contributed by atoms with E-state index in [1.807, 2.05) is 30.3 Å². The number of fused-ring (bicyclic) bond motifs is 1. The Morgan fingerprint density at radius 2 is 1.79 bits per heavy atom. The van der Waals surface area contributed by atoms with E-state index in [0.29, 0.717) is 27.6 Å². The van der Waals surface area contributed by atoms with Crippen LogP contribution in [0.4, 0.5) is 0 Å². The zero-order chi connectivity index (χ0) is 19.5. The summed E-state index contributed by atoms with van der Waals surface area (Å²) >= 11 is 5.89. The number of aromatic nitrogens is 1. The number of rotatable bonds is 6.